The molecule has 0 saturated carbocycles. The monoisotopic (exact) mass is 305 g/mol. The van der Waals surface area contributed by atoms with E-state index in [1.165, 1.54) is 11.1 Å². The number of halogens is 1. The van der Waals surface area contributed by atoms with Gasteiger partial charge in [0.15, 0.2) is 5.76 Å². The topological polar surface area (TPSA) is 42.2 Å². The van der Waals surface area contributed by atoms with E-state index < -0.39 is 0 Å². The number of rotatable bonds is 5. The summed E-state index contributed by atoms with van der Waals surface area (Å²) in [4.78, 5) is 12.1. The fourth-order valence-corrected chi connectivity index (χ4v) is 2.34. The average Bonchev–Trinajstić information content (AvgIpc) is 2.88. The molecule has 1 N–H and O–H groups in total. The smallest absolute Gasteiger partial charge is 0.287 e. The van der Waals surface area contributed by atoms with Crippen LogP contribution in [0, 0.1) is 6.92 Å². The van der Waals surface area contributed by atoms with Crippen LogP contribution >= 0.6 is 11.6 Å². The highest BCUT2D eigenvalue weighted by Gasteiger charge is 2.15. The number of hydrogen-bond acceptors (Lipinski definition) is 2. The zero-order valence-corrected chi connectivity index (χ0v) is 13.3. The molecule has 1 amide bonds. The number of alkyl halides is 1. The maximum Gasteiger partial charge on any atom is 0.287 e. The largest absolute Gasteiger partial charge is 0.454 e. The lowest BCUT2D eigenvalue weighted by molar-refractivity contribution is 0.0910. The molecule has 3 nitrogen and oxygen atoms in total. The Labute approximate surface area is 130 Å². The molecule has 0 bridgehead atoms. The van der Waals surface area contributed by atoms with Gasteiger partial charge in [-0.2, -0.15) is 0 Å². The lowest BCUT2D eigenvalue weighted by Crippen LogP contribution is -2.33. The molecule has 2 unspecified atom stereocenters. The van der Waals surface area contributed by atoms with E-state index >= 15 is 0 Å². The number of amides is 1. The van der Waals surface area contributed by atoms with Crippen molar-refractivity contribution in [1.29, 1.82) is 0 Å². The third-order valence-electron chi connectivity index (χ3n) is 3.24. The van der Waals surface area contributed by atoms with Crippen LogP contribution in [-0.2, 0) is 6.42 Å². The second-order valence-corrected chi connectivity index (χ2v) is 6.04. The second-order valence-electron chi connectivity index (χ2n) is 5.39. The molecule has 0 aliphatic rings. The van der Waals surface area contributed by atoms with Crippen LogP contribution in [0.5, 0.6) is 0 Å². The second kappa shape index (κ2) is 6.81. The summed E-state index contributed by atoms with van der Waals surface area (Å²) in [7, 11) is 0. The first-order chi connectivity index (χ1) is 9.95. The van der Waals surface area contributed by atoms with Gasteiger partial charge in [0.1, 0.15) is 5.76 Å². The maximum absolute atomic E-state index is 12.1. The van der Waals surface area contributed by atoms with Crippen LogP contribution in [-0.4, -0.2) is 11.9 Å². The zero-order valence-electron chi connectivity index (χ0n) is 12.5. The van der Waals surface area contributed by atoms with E-state index in [1.807, 2.05) is 19.9 Å². The lowest BCUT2D eigenvalue weighted by atomic mass is 10.0. The van der Waals surface area contributed by atoms with Crippen LogP contribution in [0.15, 0.2) is 40.8 Å². The van der Waals surface area contributed by atoms with Crippen LogP contribution in [0.25, 0.3) is 0 Å². The highest BCUT2D eigenvalue weighted by atomic mass is 35.5. The van der Waals surface area contributed by atoms with E-state index in [1.54, 1.807) is 12.1 Å². The van der Waals surface area contributed by atoms with Crippen LogP contribution in [0.2, 0.25) is 0 Å². The summed E-state index contributed by atoms with van der Waals surface area (Å²) in [6.45, 7) is 5.85. The van der Waals surface area contributed by atoms with Gasteiger partial charge >= 0.3 is 0 Å². The molecule has 4 heteroatoms. The van der Waals surface area contributed by atoms with E-state index in [2.05, 4.69) is 30.4 Å². The summed E-state index contributed by atoms with van der Waals surface area (Å²) in [6, 6.07) is 11.7. The molecule has 0 aliphatic carbocycles. The fourth-order valence-electron chi connectivity index (χ4n) is 2.23. The molecule has 0 radical (unpaired) electrons. The molecule has 0 spiro atoms. The molecule has 112 valence electrons. The number of benzene rings is 1. The van der Waals surface area contributed by atoms with Crippen molar-refractivity contribution in [3.05, 3.63) is 59.0 Å². The van der Waals surface area contributed by atoms with Crippen LogP contribution < -0.4 is 5.32 Å². The zero-order chi connectivity index (χ0) is 15.4. The van der Waals surface area contributed by atoms with Gasteiger partial charge in [0, 0.05) is 6.04 Å². The Kier molecular flexibility index (Phi) is 5.07. The number of aryl methyl sites for hydroxylation is 1. The van der Waals surface area contributed by atoms with E-state index in [-0.39, 0.29) is 17.3 Å². The Morgan fingerprint density at radius 3 is 2.67 bits per heavy atom. The third kappa shape index (κ3) is 4.36. The lowest BCUT2D eigenvalue weighted by Gasteiger charge is -2.13. The molecule has 0 fully saturated rings. The summed E-state index contributed by atoms with van der Waals surface area (Å²) < 4.78 is 5.43. The van der Waals surface area contributed by atoms with E-state index in [9.17, 15) is 4.79 Å². The number of nitrogens with one attached hydrogen (secondary N) is 1. The Hall–Kier alpha value is -1.74. The highest BCUT2D eigenvalue weighted by Crippen LogP contribution is 2.21. The molecule has 2 rings (SSSR count). The van der Waals surface area contributed by atoms with Gasteiger partial charge in [-0.25, -0.2) is 0 Å². The van der Waals surface area contributed by atoms with Crippen LogP contribution in [0.4, 0.5) is 0 Å². The quantitative estimate of drug-likeness (QED) is 0.839. The standard InChI is InChI=1S/C17H20ClNO2/c1-11-5-4-6-14(9-11)10-12(2)19-17(20)16-8-7-15(21-16)13(3)18/h4-9,12-13H,10H2,1-3H3,(H,19,20). The molecule has 0 saturated heterocycles. The fraction of sp³-hybridized carbons (Fsp3) is 0.353. The minimum Gasteiger partial charge on any atom is -0.454 e. The van der Waals surface area contributed by atoms with Crippen molar-refractivity contribution in [2.75, 3.05) is 0 Å². The SMILES string of the molecule is Cc1cccc(CC(C)NC(=O)c2ccc(C(C)Cl)o2)c1. The minimum absolute atomic E-state index is 0.0290. The summed E-state index contributed by atoms with van der Waals surface area (Å²) in [6.07, 6.45) is 0.785. The summed E-state index contributed by atoms with van der Waals surface area (Å²) in [5, 5.41) is 2.70. The predicted octanol–water partition coefficient (Wildman–Crippen LogP) is 4.25. The number of furan rings is 1. The first-order valence-electron chi connectivity index (χ1n) is 7.06. The first kappa shape index (κ1) is 15.6. The van der Waals surface area contributed by atoms with Crippen LogP contribution in [0.3, 0.4) is 0 Å². The predicted molar refractivity (Wildman–Crippen MR) is 84.8 cm³/mol. The summed E-state index contributed by atoms with van der Waals surface area (Å²) in [5.41, 5.74) is 2.43. The van der Waals surface area contributed by atoms with Crippen molar-refractivity contribution in [3.63, 3.8) is 0 Å². The normalized spacial score (nSPS) is 13.7. The molecule has 2 aromatic rings. The highest BCUT2D eigenvalue weighted by molar-refractivity contribution is 6.20. The van der Waals surface area contributed by atoms with Crippen LogP contribution in [0.1, 0.15) is 46.7 Å². The van der Waals surface area contributed by atoms with E-state index in [4.69, 9.17) is 16.0 Å². The Bertz CT molecular complexity index is 619. The molecule has 1 aromatic heterocycles. The molecule has 1 aromatic carbocycles. The molecule has 21 heavy (non-hydrogen) atoms. The van der Waals surface area contributed by atoms with Crippen molar-refractivity contribution in [1.82, 2.24) is 5.32 Å². The van der Waals surface area contributed by atoms with Gasteiger partial charge in [-0.3, -0.25) is 4.79 Å². The number of carbonyl (C=O) groups is 1. The summed E-state index contributed by atoms with van der Waals surface area (Å²) in [5.74, 6) is 0.695. The first-order valence-corrected chi connectivity index (χ1v) is 7.49. The Morgan fingerprint density at radius 2 is 2.05 bits per heavy atom. The Morgan fingerprint density at radius 1 is 1.29 bits per heavy atom. The average molecular weight is 306 g/mol. The molecular weight excluding hydrogens is 286 g/mol. The molecular formula is C17H20ClNO2. The summed E-state index contributed by atoms with van der Waals surface area (Å²) >= 11 is 5.92. The maximum atomic E-state index is 12.1. The van der Waals surface area contributed by atoms with Gasteiger partial charge in [-0.05, 0) is 44.9 Å². The van der Waals surface area contributed by atoms with Gasteiger partial charge in [-0.15, -0.1) is 11.6 Å². The molecule has 1 heterocycles. The van der Waals surface area contributed by atoms with Gasteiger partial charge in [-0.1, -0.05) is 29.8 Å². The third-order valence-corrected chi connectivity index (χ3v) is 3.46. The molecule has 2 atom stereocenters. The van der Waals surface area contributed by atoms with Gasteiger partial charge in [0.05, 0.1) is 5.38 Å². The van der Waals surface area contributed by atoms with E-state index in [0.29, 0.717) is 11.5 Å². The Balaban J connectivity index is 1.95. The van der Waals surface area contributed by atoms with Crippen molar-refractivity contribution >= 4 is 17.5 Å². The van der Waals surface area contributed by atoms with Crippen molar-refractivity contribution < 1.29 is 9.21 Å². The van der Waals surface area contributed by atoms with Gasteiger partial charge in [0.2, 0.25) is 0 Å². The van der Waals surface area contributed by atoms with Crippen molar-refractivity contribution in [2.24, 2.45) is 0 Å². The molecule has 0 aliphatic heterocycles. The van der Waals surface area contributed by atoms with Crippen molar-refractivity contribution in [3.8, 4) is 0 Å². The van der Waals surface area contributed by atoms with Gasteiger partial charge in [0.25, 0.3) is 5.91 Å². The van der Waals surface area contributed by atoms with E-state index in [0.717, 1.165) is 6.42 Å². The number of carbonyl (C=O) groups excluding carboxylic acids is 1. The number of hydrogen-bond donors (Lipinski definition) is 1. The van der Waals surface area contributed by atoms with Gasteiger partial charge < -0.3 is 9.73 Å². The van der Waals surface area contributed by atoms with Crippen molar-refractivity contribution in [2.45, 2.75) is 38.6 Å². The minimum atomic E-state index is -0.240.